The Balaban J connectivity index is 2.44. The van der Waals surface area contributed by atoms with Crippen LogP contribution in [0.15, 0.2) is 28.7 Å². The number of hydrogen-bond donors (Lipinski definition) is 1. The zero-order chi connectivity index (χ0) is 11.7. The molecular formula is C13H16ClNO. The lowest BCUT2D eigenvalue weighted by atomic mass is 9.88. The molecular weight excluding hydrogens is 222 g/mol. The average Bonchev–Trinajstić information content (AvgIpc) is 2.57. The van der Waals surface area contributed by atoms with Gasteiger partial charge in [0.2, 0.25) is 0 Å². The summed E-state index contributed by atoms with van der Waals surface area (Å²) < 4.78 is 5.33. The Labute approximate surface area is 100 Å². The first kappa shape index (κ1) is 11.5. The molecule has 1 heterocycles. The zero-order valence-corrected chi connectivity index (χ0v) is 10.3. The van der Waals surface area contributed by atoms with E-state index < -0.39 is 0 Å². The van der Waals surface area contributed by atoms with Crippen LogP contribution in [0.4, 0.5) is 0 Å². The van der Waals surface area contributed by atoms with E-state index in [0.29, 0.717) is 23.6 Å². The molecule has 0 saturated heterocycles. The largest absolute Gasteiger partial charge is 0.445 e. The number of benzene rings is 1. The fraction of sp³-hybridized carbons (Fsp3) is 0.385. The molecule has 0 aliphatic carbocycles. The smallest absolute Gasteiger partial charge is 0.194 e. The van der Waals surface area contributed by atoms with Gasteiger partial charge in [-0.15, -0.1) is 0 Å². The number of fused-ring (bicyclic) bond motifs is 1. The summed E-state index contributed by atoms with van der Waals surface area (Å²) >= 11 is 5.82. The number of rotatable bonds is 3. The second-order valence-corrected chi connectivity index (χ2v) is 4.81. The Kier molecular flexibility index (Phi) is 3.22. The molecule has 2 nitrogen and oxygen atoms in total. The molecule has 1 atom stereocenters. The topological polar surface area (TPSA) is 39.2 Å². The maximum atomic E-state index is 5.82. The van der Waals surface area contributed by atoms with Crippen LogP contribution in [0.1, 0.15) is 25.3 Å². The van der Waals surface area contributed by atoms with Crippen LogP contribution in [-0.2, 0) is 0 Å². The van der Waals surface area contributed by atoms with Gasteiger partial charge in [-0.05, 0) is 47.7 Å². The minimum Gasteiger partial charge on any atom is -0.445 e. The van der Waals surface area contributed by atoms with Crippen molar-refractivity contribution in [2.24, 2.45) is 11.7 Å². The Hall–Kier alpha value is -0.990. The Bertz CT molecular complexity index is 490. The molecule has 0 spiro atoms. The fourth-order valence-corrected chi connectivity index (χ4v) is 2.25. The van der Waals surface area contributed by atoms with Crippen molar-refractivity contribution in [2.75, 3.05) is 6.54 Å². The van der Waals surface area contributed by atoms with Crippen LogP contribution in [0.3, 0.4) is 0 Å². The quantitative estimate of drug-likeness (QED) is 0.882. The maximum Gasteiger partial charge on any atom is 0.194 e. The van der Waals surface area contributed by atoms with Gasteiger partial charge in [0.25, 0.3) is 0 Å². The Morgan fingerprint density at radius 2 is 2.06 bits per heavy atom. The van der Waals surface area contributed by atoms with Crippen molar-refractivity contribution >= 4 is 22.6 Å². The van der Waals surface area contributed by atoms with E-state index in [1.807, 2.05) is 12.1 Å². The molecule has 0 bridgehead atoms. The van der Waals surface area contributed by atoms with Gasteiger partial charge in [-0.2, -0.15) is 0 Å². The van der Waals surface area contributed by atoms with E-state index in [-0.39, 0.29) is 0 Å². The molecule has 86 valence electrons. The predicted octanol–water partition coefficient (Wildman–Crippen LogP) is 3.78. The lowest BCUT2D eigenvalue weighted by Crippen LogP contribution is -2.17. The van der Waals surface area contributed by atoms with E-state index in [0.717, 1.165) is 11.0 Å². The molecule has 0 aliphatic heterocycles. The van der Waals surface area contributed by atoms with E-state index in [4.69, 9.17) is 21.8 Å². The van der Waals surface area contributed by atoms with Crippen LogP contribution in [0, 0.1) is 5.92 Å². The first-order chi connectivity index (χ1) is 7.61. The van der Waals surface area contributed by atoms with Crippen LogP contribution in [-0.4, -0.2) is 6.54 Å². The number of furan rings is 1. The molecule has 0 amide bonds. The van der Waals surface area contributed by atoms with E-state index in [1.54, 1.807) is 0 Å². The molecule has 3 heteroatoms. The molecule has 1 aromatic heterocycles. The summed E-state index contributed by atoms with van der Waals surface area (Å²) in [5.41, 5.74) is 7.88. The molecule has 16 heavy (non-hydrogen) atoms. The SMILES string of the molecule is CC(C)C(CN)c1ccc2oc(Cl)cc2c1. The van der Waals surface area contributed by atoms with Crippen molar-refractivity contribution in [3.05, 3.63) is 35.0 Å². The molecule has 0 saturated carbocycles. The first-order valence-corrected chi connectivity index (χ1v) is 5.88. The monoisotopic (exact) mass is 237 g/mol. The van der Waals surface area contributed by atoms with Gasteiger partial charge in [0.05, 0.1) is 0 Å². The third-order valence-corrected chi connectivity index (χ3v) is 3.18. The summed E-state index contributed by atoms with van der Waals surface area (Å²) in [7, 11) is 0. The molecule has 0 aliphatic rings. The standard InChI is InChI=1S/C13H16ClNO/c1-8(2)11(7-15)9-3-4-12-10(5-9)6-13(14)16-12/h3-6,8,11H,7,15H2,1-2H3. The van der Waals surface area contributed by atoms with Gasteiger partial charge in [0.1, 0.15) is 5.58 Å². The average molecular weight is 238 g/mol. The minimum absolute atomic E-state index is 0.387. The van der Waals surface area contributed by atoms with Crippen LogP contribution in [0.25, 0.3) is 11.0 Å². The van der Waals surface area contributed by atoms with Crippen molar-refractivity contribution in [1.82, 2.24) is 0 Å². The van der Waals surface area contributed by atoms with E-state index in [1.165, 1.54) is 5.56 Å². The lowest BCUT2D eigenvalue weighted by molar-refractivity contribution is 0.506. The second kappa shape index (κ2) is 4.48. The molecule has 2 N–H and O–H groups in total. The van der Waals surface area contributed by atoms with Gasteiger partial charge in [0.15, 0.2) is 5.22 Å². The lowest BCUT2D eigenvalue weighted by Gasteiger charge is -2.19. The number of halogens is 1. The summed E-state index contributed by atoms with van der Waals surface area (Å²) in [6, 6.07) is 7.98. The van der Waals surface area contributed by atoms with Gasteiger partial charge in [-0.1, -0.05) is 19.9 Å². The normalized spacial score (nSPS) is 13.6. The van der Waals surface area contributed by atoms with Crippen LogP contribution >= 0.6 is 11.6 Å². The van der Waals surface area contributed by atoms with Crippen LogP contribution in [0.2, 0.25) is 5.22 Å². The molecule has 1 aromatic carbocycles. The second-order valence-electron chi connectivity index (χ2n) is 4.43. The fourth-order valence-electron chi connectivity index (χ4n) is 2.05. The summed E-state index contributed by atoms with van der Waals surface area (Å²) in [6.45, 7) is 5.03. The maximum absolute atomic E-state index is 5.82. The van der Waals surface area contributed by atoms with Gasteiger partial charge < -0.3 is 10.2 Å². The summed E-state index contributed by atoms with van der Waals surface area (Å²) in [6.07, 6.45) is 0. The molecule has 2 rings (SSSR count). The van der Waals surface area contributed by atoms with Crippen molar-refractivity contribution in [3.8, 4) is 0 Å². The van der Waals surface area contributed by atoms with Crippen molar-refractivity contribution in [3.63, 3.8) is 0 Å². The molecule has 1 unspecified atom stereocenters. The first-order valence-electron chi connectivity index (χ1n) is 5.51. The summed E-state index contributed by atoms with van der Waals surface area (Å²) in [4.78, 5) is 0. The van der Waals surface area contributed by atoms with E-state index >= 15 is 0 Å². The highest BCUT2D eigenvalue weighted by Gasteiger charge is 2.15. The summed E-state index contributed by atoms with van der Waals surface area (Å²) in [5, 5.41) is 1.47. The third-order valence-electron chi connectivity index (χ3n) is 3.00. The van der Waals surface area contributed by atoms with Gasteiger partial charge in [0, 0.05) is 11.5 Å². The molecule has 0 fully saturated rings. The van der Waals surface area contributed by atoms with Crippen molar-refractivity contribution in [2.45, 2.75) is 19.8 Å². The highest BCUT2D eigenvalue weighted by atomic mass is 35.5. The third kappa shape index (κ3) is 2.08. The van der Waals surface area contributed by atoms with Crippen molar-refractivity contribution < 1.29 is 4.42 Å². The van der Waals surface area contributed by atoms with Gasteiger partial charge >= 0.3 is 0 Å². The van der Waals surface area contributed by atoms with Gasteiger partial charge in [-0.3, -0.25) is 0 Å². The Morgan fingerprint density at radius 1 is 1.31 bits per heavy atom. The highest BCUT2D eigenvalue weighted by molar-refractivity contribution is 6.29. The summed E-state index contributed by atoms with van der Waals surface area (Å²) in [5.74, 6) is 0.919. The van der Waals surface area contributed by atoms with Crippen molar-refractivity contribution in [1.29, 1.82) is 0 Å². The zero-order valence-electron chi connectivity index (χ0n) is 9.53. The van der Waals surface area contributed by atoms with Gasteiger partial charge in [-0.25, -0.2) is 0 Å². The van der Waals surface area contributed by atoms with E-state index in [9.17, 15) is 0 Å². The highest BCUT2D eigenvalue weighted by Crippen LogP contribution is 2.29. The number of nitrogens with two attached hydrogens (primary N) is 1. The Morgan fingerprint density at radius 3 is 2.69 bits per heavy atom. The van der Waals surface area contributed by atoms with E-state index in [2.05, 4.69) is 26.0 Å². The number of hydrogen-bond acceptors (Lipinski definition) is 2. The van der Waals surface area contributed by atoms with Crippen LogP contribution < -0.4 is 5.73 Å². The minimum atomic E-state index is 0.387. The predicted molar refractivity (Wildman–Crippen MR) is 67.9 cm³/mol. The molecule has 0 radical (unpaired) electrons. The molecule has 2 aromatic rings. The van der Waals surface area contributed by atoms with Crippen LogP contribution in [0.5, 0.6) is 0 Å².